The van der Waals surface area contributed by atoms with E-state index in [0.29, 0.717) is 25.2 Å². The van der Waals surface area contributed by atoms with Crippen LogP contribution in [0.25, 0.3) is 0 Å². The molecule has 1 aromatic carbocycles. The molecule has 8 heteroatoms. The van der Waals surface area contributed by atoms with Crippen molar-refractivity contribution in [3.05, 3.63) is 42.0 Å². The normalized spacial score (nSPS) is 11.7. The van der Waals surface area contributed by atoms with Crippen molar-refractivity contribution in [3.8, 4) is 0 Å². The predicted molar refractivity (Wildman–Crippen MR) is 68.8 cm³/mol. The molecule has 0 aliphatic rings. The number of ether oxygens (including phenoxy) is 1. The number of halogens is 4. The number of methoxy groups -OCH3 is 1. The first-order valence-electron chi connectivity index (χ1n) is 6.05. The lowest BCUT2D eigenvalue weighted by Gasteiger charge is -2.12. The Morgan fingerprint density at radius 2 is 2.10 bits per heavy atom. The van der Waals surface area contributed by atoms with Crippen LogP contribution >= 0.6 is 0 Å². The van der Waals surface area contributed by atoms with Crippen LogP contribution in [-0.2, 0) is 17.5 Å². The second-order valence-corrected chi connectivity index (χ2v) is 4.25. The third-order valence-corrected chi connectivity index (χ3v) is 2.78. The van der Waals surface area contributed by atoms with Gasteiger partial charge in [0.1, 0.15) is 5.82 Å². The van der Waals surface area contributed by atoms with E-state index in [2.05, 4.69) is 10.3 Å². The third kappa shape index (κ3) is 3.72. The van der Waals surface area contributed by atoms with Crippen LogP contribution in [0.3, 0.4) is 0 Å². The van der Waals surface area contributed by atoms with Crippen LogP contribution in [-0.4, -0.2) is 23.3 Å². The van der Waals surface area contributed by atoms with Crippen molar-refractivity contribution >= 4 is 11.6 Å². The Morgan fingerprint density at radius 1 is 1.33 bits per heavy atom. The van der Waals surface area contributed by atoms with Gasteiger partial charge in [-0.3, -0.25) is 0 Å². The first-order valence-corrected chi connectivity index (χ1v) is 6.05. The van der Waals surface area contributed by atoms with Crippen molar-refractivity contribution in [2.45, 2.75) is 12.7 Å². The second-order valence-electron chi connectivity index (χ2n) is 4.25. The Morgan fingerprint density at radius 3 is 2.76 bits per heavy atom. The number of aromatic nitrogens is 2. The van der Waals surface area contributed by atoms with Gasteiger partial charge in [-0.25, -0.2) is 9.37 Å². The zero-order chi connectivity index (χ0) is 15.5. The lowest BCUT2D eigenvalue weighted by Crippen LogP contribution is -2.10. The molecule has 0 saturated heterocycles. The number of imidazole rings is 1. The van der Waals surface area contributed by atoms with Gasteiger partial charge in [0, 0.05) is 31.7 Å². The summed E-state index contributed by atoms with van der Waals surface area (Å²) in [6, 6.07) is 2.71. The number of hydrogen-bond donors (Lipinski definition) is 1. The zero-order valence-electron chi connectivity index (χ0n) is 11.1. The largest absolute Gasteiger partial charge is 0.419 e. The van der Waals surface area contributed by atoms with Gasteiger partial charge in [0.25, 0.3) is 0 Å². The maximum absolute atomic E-state index is 13.2. The summed E-state index contributed by atoms with van der Waals surface area (Å²) in [6.07, 6.45) is -1.57. The highest BCUT2D eigenvalue weighted by molar-refractivity contribution is 5.55. The summed E-state index contributed by atoms with van der Waals surface area (Å²) < 4.78 is 57.8. The Kier molecular flexibility index (Phi) is 4.46. The van der Waals surface area contributed by atoms with Crippen molar-refractivity contribution < 1.29 is 22.3 Å². The maximum Gasteiger partial charge on any atom is 0.419 e. The van der Waals surface area contributed by atoms with E-state index in [4.69, 9.17) is 4.74 Å². The zero-order valence-corrected chi connectivity index (χ0v) is 11.1. The topological polar surface area (TPSA) is 39.1 Å². The number of rotatable bonds is 5. The van der Waals surface area contributed by atoms with Crippen LogP contribution in [0.2, 0.25) is 0 Å². The SMILES string of the molecule is COCCn1ccnc1Nc1ccc(F)c(C(F)(F)F)c1. The lowest BCUT2D eigenvalue weighted by atomic mass is 10.2. The second kappa shape index (κ2) is 6.13. The minimum absolute atomic E-state index is 0.105. The quantitative estimate of drug-likeness (QED) is 0.860. The summed E-state index contributed by atoms with van der Waals surface area (Å²) in [7, 11) is 1.54. The Hall–Kier alpha value is -2.09. The molecule has 4 nitrogen and oxygen atoms in total. The van der Waals surface area contributed by atoms with E-state index in [1.54, 1.807) is 17.9 Å². The Labute approximate surface area is 118 Å². The van der Waals surface area contributed by atoms with E-state index in [9.17, 15) is 17.6 Å². The molecule has 1 N–H and O–H groups in total. The first kappa shape index (κ1) is 15.3. The summed E-state index contributed by atoms with van der Waals surface area (Å²) in [5.74, 6) is -0.956. The first-order chi connectivity index (χ1) is 9.91. The van der Waals surface area contributed by atoms with Gasteiger partial charge in [-0.2, -0.15) is 13.2 Å². The number of hydrogen-bond acceptors (Lipinski definition) is 3. The Bertz CT molecular complexity index is 610. The fourth-order valence-corrected chi connectivity index (χ4v) is 1.75. The highest BCUT2D eigenvalue weighted by Crippen LogP contribution is 2.33. The van der Waals surface area contributed by atoms with Gasteiger partial charge in [-0.15, -0.1) is 0 Å². The number of nitrogens with one attached hydrogen (secondary N) is 1. The van der Waals surface area contributed by atoms with Crippen LogP contribution in [0.15, 0.2) is 30.6 Å². The van der Waals surface area contributed by atoms with E-state index in [0.717, 1.165) is 6.07 Å². The van der Waals surface area contributed by atoms with E-state index in [1.807, 2.05) is 0 Å². The molecule has 0 aliphatic heterocycles. The van der Waals surface area contributed by atoms with Crippen molar-refractivity contribution in [1.29, 1.82) is 0 Å². The molecule has 0 unspecified atom stereocenters. The van der Waals surface area contributed by atoms with Crippen LogP contribution in [0.4, 0.5) is 29.2 Å². The number of benzene rings is 1. The molecule has 0 fully saturated rings. The smallest absolute Gasteiger partial charge is 0.383 e. The molecule has 0 atom stereocenters. The minimum Gasteiger partial charge on any atom is -0.383 e. The van der Waals surface area contributed by atoms with E-state index < -0.39 is 17.6 Å². The molecule has 0 bridgehead atoms. The molecule has 0 saturated carbocycles. The van der Waals surface area contributed by atoms with E-state index in [-0.39, 0.29) is 5.69 Å². The molecule has 2 rings (SSSR count). The van der Waals surface area contributed by atoms with E-state index >= 15 is 0 Å². The highest BCUT2D eigenvalue weighted by Gasteiger charge is 2.34. The molecular weight excluding hydrogens is 290 g/mol. The fraction of sp³-hybridized carbons (Fsp3) is 0.308. The molecule has 114 valence electrons. The third-order valence-electron chi connectivity index (χ3n) is 2.78. The molecule has 0 spiro atoms. The Balaban J connectivity index is 2.22. The van der Waals surface area contributed by atoms with Gasteiger partial charge in [0.2, 0.25) is 5.95 Å². The summed E-state index contributed by atoms with van der Waals surface area (Å²) >= 11 is 0. The van der Waals surface area contributed by atoms with Crippen LogP contribution in [0.1, 0.15) is 5.56 Å². The maximum atomic E-state index is 13.2. The van der Waals surface area contributed by atoms with Gasteiger partial charge in [-0.1, -0.05) is 0 Å². The molecule has 1 aromatic heterocycles. The van der Waals surface area contributed by atoms with Gasteiger partial charge in [0.15, 0.2) is 0 Å². The highest BCUT2D eigenvalue weighted by atomic mass is 19.4. The molecule has 2 aromatic rings. The number of nitrogens with zero attached hydrogens (tertiary/aromatic N) is 2. The minimum atomic E-state index is -4.74. The molecular formula is C13H13F4N3O. The monoisotopic (exact) mass is 303 g/mol. The van der Waals surface area contributed by atoms with Crippen molar-refractivity contribution in [3.63, 3.8) is 0 Å². The molecule has 21 heavy (non-hydrogen) atoms. The van der Waals surface area contributed by atoms with E-state index in [1.165, 1.54) is 12.3 Å². The van der Waals surface area contributed by atoms with Gasteiger partial charge in [-0.05, 0) is 18.2 Å². The molecule has 0 aliphatic carbocycles. The molecule has 1 heterocycles. The van der Waals surface area contributed by atoms with Crippen molar-refractivity contribution in [1.82, 2.24) is 9.55 Å². The van der Waals surface area contributed by atoms with Crippen molar-refractivity contribution in [2.24, 2.45) is 0 Å². The standard InChI is InChI=1S/C13H13F4N3O/c1-21-7-6-20-5-4-18-12(20)19-9-2-3-11(14)10(8-9)13(15,16)17/h2-5,8H,6-7H2,1H3,(H,18,19). The average molecular weight is 303 g/mol. The van der Waals surface area contributed by atoms with Crippen LogP contribution in [0.5, 0.6) is 0 Å². The average Bonchev–Trinajstić information content (AvgIpc) is 2.84. The summed E-state index contributed by atoms with van der Waals surface area (Å²) in [5, 5.41) is 2.73. The predicted octanol–water partition coefficient (Wildman–Crippen LogP) is 3.43. The van der Waals surface area contributed by atoms with Gasteiger partial charge >= 0.3 is 6.18 Å². The summed E-state index contributed by atoms with van der Waals surface area (Å²) in [5.41, 5.74) is -1.21. The summed E-state index contributed by atoms with van der Waals surface area (Å²) in [4.78, 5) is 4.00. The number of anilines is 2. The van der Waals surface area contributed by atoms with Crippen LogP contribution in [0, 0.1) is 5.82 Å². The molecule has 0 amide bonds. The molecule has 0 radical (unpaired) electrons. The fourth-order valence-electron chi connectivity index (χ4n) is 1.75. The summed E-state index contributed by atoms with van der Waals surface area (Å²) in [6.45, 7) is 0.925. The lowest BCUT2D eigenvalue weighted by molar-refractivity contribution is -0.139. The van der Waals surface area contributed by atoms with Gasteiger partial charge < -0.3 is 14.6 Å². The number of alkyl halides is 3. The van der Waals surface area contributed by atoms with Crippen molar-refractivity contribution in [2.75, 3.05) is 19.0 Å². The van der Waals surface area contributed by atoms with Crippen LogP contribution < -0.4 is 5.32 Å². The van der Waals surface area contributed by atoms with Gasteiger partial charge in [0.05, 0.1) is 12.2 Å².